The average molecular weight is 528 g/mol. The lowest BCUT2D eigenvalue weighted by atomic mass is 9.89. The van der Waals surface area contributed by atoms with Crippen molar-refractivity contribution < 1.29 is 9.90 Å². The van der Waals surface area contributed by atoms with E-state index in [4.69, 9.17) is 23.2 Å². The van der Waals surface area contributed by atoms with Crippen molar-refractivity contribution in [3.63, 3.8) is 0 Å². The number of phenolic OH excluding ortho intramolecular Hbond substituents is 1. The number of carbonyl (C=O) groups is 1. The van der Waals surface area contributed by atoms with Crippen molar-refractivity contribution in [3.8, 4) is 16.9 Å². The number of nitrogens with zero attached hydrogens (tertiary/aromatic N) is 1. The Morgan fingerprint density at radius 3 is 2.53 bits per heavy atom. The van der Waals surface area contributed by atoms with Gasteiger partial charge in [-0.3, -0.25) is 4.90 Å². The maximum Gasteiger partial charge on any atom is 0.326 e. The van der Waals surface area contributed by atoms with Gasteiger partial charge in [-0.2, -0.15) is 0 Å². The zero-order chi connectivity index (χ0) is 26.8. The predicted molar refractivity (Wildman–Crippen MR) is 155 cm³/mol. The highest BCUT2D eigenvalue weighted by atomic mass is 35.5. The second-order valence-corrected chi connectivity index (χ2v) is 10.0. The third-order valence-electron chi connectivity index (χ3n) is 5.64. The number of allylic oxidation sites excluding steroid dienone is 6. The Balaban J connectivity index is 0.000000830. The Morgan fingerprint density at radius 2 is 1.94 bits per heavy atom. The lowest BCUT2D eigenvalue weighted by molar-refractivity contribution is 0.246. The largest absolute Gasteiger partial charge is 0.508 e. The minimum Gasteiger partial charge on any atom is -0.508 e. The molecular formula is C30H36Cl2N2O2. The average Bonchev–Trinajstić information content (AvgIpc) is 2.82. The molecule has 0 atom stereocenters. The summed E-state index contributed by atoms with van der Waals surface area (Å²) in [6.07, 6.45) is 10.5. The highest BCUT2D eigenvalue weighted by molar-refractivity contribution is 6.33. The highest BCUT2D eigenvalue weighted by Crippen LogP contribution is 2.44. The topological polar surface area (TPSA) is 52.6 Å². The number of fused-ring (bicyclic) bond motifs is 1. The number of halogens is 2. The predicted octanol–water partition coefficient (Wildman–Crippen LogP) is 9.13. The van der Waals surface area contributed by atoms with Gasteiger partial charge in [-0.15, -0.1) is 6.58 Å². The first-order valence-corrected chi connectivity index (χ1v) is 12.9. The van der Waals surface area contributed by atoms with E-state index in [0.717, 1.165) is 28.2 Å². The van der Waals surface area contributed by atoms with Gasteiger partial charge >= 0.3 is 6.03 Å². The van der Waals surface area contributed by atoms with Crippen LogP contribution in [0.4, 0.5) is 10.5 Å². The summed E-state index contributed by atoms with van der Waals surface area (Å²) < 4.78 is 0. The molecule has 0 unspecified atom stereocenters. The fourth-order valence-electron chi connectivity index (χ4n) is 3.46. The van der Waals surface area contributed by atoms with Crippen molar-refractivity contribution in [3.05, 3.63) is 94.2 Å². The number of carbonyl (C=O) groups excluding carboxylic acids is 1. The van der Waals surface area contributed by atoms with Crippen LogP contribution in [0.3, 0.4) is 0 Å². The van der Waals surface area contributed by atoms with Crippen LogP contribution in [0, 0.1) is 5.92 Å². The molecule has 0 saturated heterocycles. The molecule has 3 rings (SSSR count). The molecule has 1 aliphatic rings. The van der Waals surface area contributed by atoms with E-state index in [1.165, 1.54) is 17.5 Å². The second-order valence-electron chi connectivity index (χ2n) is 9.17. The number of urea groups is 1. The van der Waals surface area contributed by atoms with Crippen LogP contribution in [0.5, 0.6) is 5.75 Å². The Hall–Kier alpha value is -2.95. The molecule has 4 nitrogen and oxygen atoms in total. The number of phenols is 1. The number of amides is 2. The molecule has 6 heteroatoms. The molecule has 2 aromatic rings. The number of anilines is 1. The number of aromatic hydroxyl groups is 1. The normalized spacial score (nSPS) is 13.2. The van der Waals surface area contributed by atoms with Gasteiger partial charge in [0.15, 0.2) is 0 Å². The van der Waals surface area contributed by atoms with E-state index in [0.29, 0.717) is 34.3 Å². The third kappa shape index (κ3) is 7.78. The minimum atomic E-state index is -0.331. The van der Waals surface area contributed by atoms with Gasteiger partial charge in [0, 0.05) is 40.5 Å². The quantitative estimate of drug-likeness (QED) is 0.279. The fraction of sp³-hybridized carbons (Fsp3) is 0.300. The Bertz CT molecular complexity index is 1180. The molecule has 1 aliphatic heterocycles. The maximum atomic E-state index is 12.7. The molecular weight excluding hydrogens is 491 g/mol. The SMILES string of the molecule is C=CCc1c(O)cc2c(c1-c1ccccc1Cl)CNC(=O)N2/C=C(Cl)/C=C\C=C(C)C.CCC(C)C. The number of hydrogen-bond acceptors (Lipinski definition) is 2. The van der Waals surface area contributed by atoms with E-state index in [2.05, 4.69) is 32.7 Å². The van der Waals surface area contributed by atoms with E-state index in [1.807, 2.05) is 44.2 Å². The number of nitrogens with one attached hydrogen (secondary N) is 1. The summed E-state index contributed by atoms with van der Waals surface area (Å²) in [5.74, 6) is 0.952. The molecule has 0 bridgehead atoms. The third-order valence-corrected chi connectivity index (χ3v) is 6.19. The highest BCUT2D eigenvalue weighted by Gasteiger charge is 2.29. The van der Waals surface area contributed by atoms with Crippen LogP contribution >= 0.6 is 23.2 Å². The molecule has 0 spiro atoms. The van der Waals surface area contributed by atoms with Gasteiger partial charge in [0.1, 0.15) is 5.75 Å². The van der Waals surface area contributed by atoms with Crippen LogP contribution in [0.2, 0.25) is 5.02 Å². The molecule has 2 N–H and O–H groups in total. The van der Waals surface area contributed by atoms with Crippen LogP contribution in [0.15, 0.2) is 78.0 Å². The van der Waals surface area contributed by atoms with Gasteiger partial charge in [0.25, 0.3) is 0 Å². The molecule has 2 amide bonds. The van der Waals surface area contributed by atoms with Crippen LogP contribution < -0.4 is 10.2 Å². The maximum absolute atomic E-state index is 12.7. The van der Waals surface area contributed by atoms with E-state index >= 15 is 0 Å². The zero-order valence-electron chi connectivity index (χ0n) is 21.7. The molecule has 2 aromatic carbocycles. The van der Waals surface area contributed by atoms with Gasteiger partial charge in [0.05, 0.1) is 10.7 Å². The lowest BCUT2D eigenvalue weighted by Gasteiger charge is -2.31. The zero-order valence-corrected chi connectivity index (χ0v) is 23.2. The fourth-order valence-corrected chi connectivity index (χ4v) is 3.86. The Morgan fingerprint density at radius 1 is 1.28 bits per heavy atom. The van der Waals surface area contributed by atoms with Gasteiger partial charge < -0.3 is 10.4 Å². The molecule has 0 radical (unpaired) electrons. The smallest absolute Gasteiger partial charge is 0.326 e. The number of benzene rings is 2. The first-order valence-electron chi connectivity index (χ1n) is 12.1. The monoisotopic (exact) mass is 526 g/mol. The van der Waals surface area contributed by atoms with Gasteiger partial charge in [-0.05, 0) is 43.9 Å². The Labute approximate surface area is 225 Å². The van der Waals surface area contributed by atoms with Crippen LogP contribution in [0.25, 0.3) is 11.1 Å². The van der Waals surface area contributed by atoms with E-state index < -0.39 is 0 Å². The van der Waals surface area contributed by atoms with Crippen molar-refractivity contribution in [2.24, 2.45) is 5.92 Å². The summed E-state index contributed by atoms with van der Waals surface area (Å²) >= 11 is 12.9. The summed E-state index contributed by atoms with van der Waals surface area (Å²) in [6.45, 7) is 14.7. The van der Waals surface area contributed by atoms with Crippen LogP contribution in [0.1, 0.15) is 52.2 Å². The van der Waals surface area contributed by atoms with Crippen LogP contribution in [-0.4, -0.2) is 11.1 Å². The van der Waals surface area contributed by atoms with E-state index in [-0.39, 0.29) is 11.8 Å². The van der Waals surface area contributed by atoms with Gasteiger partial charge in [-0.1, -0.05) is 92.4 Å². The molecule has 0 fully saturated rings. The molecule has 0 aliphatic carbocycles. The van der Waals surface area contributed by atoms with E-state index in [9.17, 15) is 9.90 Å². The second kappa shape index (κ2) is 14.0. The van der Waals surface area contributed by atoms with Gasteiger partial charge in [0.2, 0.25) is 0 Å². The molecule has 36 heavy (non-hydrogen) atoms. The number of hydrogen-bond donors (Lipinski definition) is 2. The summed E-state index contributed by atoms with van der Waals surface area (Å²) in [5, 5.41) is 14.7. The van der Waals surface area contributed by atoms with Crippen molar-refractivity contribution in [1.82, 2.24) is 5.32 Å². The summed E-state index contributed by atoms with van der Waals surface area (Å²) in [7, 11) is 0. The molecule has 192 valence electrons. The Kier molecular flexibility index (Phi) is 11.4. The van der Waals surface area contributed by atoms with Gasteiger partial charge in [-0.25, -0.2) is 4.79 Å². The molecule has 1 heterocycles. The molecule has 0 aromatic heterocycles. The number of rotatable bonds is 7. The first-order chi connectivity index (χ1) is 17.1. The minimum absolute atomic E-state index is 0.0675. The van der Waals surface area contributed by atoms with Crippen molar-refractivity contribution in [2.75, 3.05) is 4.90 Å². The van der Waals surface area contributed by atoms with Crippen molar-refractivity contribution >= 4 is 34.9 Å². The lowest BCUT2D eigenvalue weighted by Crippen LogP contribution is -2.41. The summed E-state index contributed by atoms with van der Waals surface area (Å²) in [5.41, 5.74) is 4.80. The summed E-state index contributed by atoms with van der Waals surface area (Å²) in [6, 6.07) is 8.70. The standard InChI is InChI=1S/C25H24Cl2N2O2.C5H12/c1-4-8-19-23(30)13-22-20(24(19)18-11-5-6-12-21(18)27)14-28-25(31)29(22)15-17(26)10-7-9-16(2)3;1-4-5(2)3/h4-7,9-13,15,30H,1,8,14H2,2-3H3,(H,28,31);5H,4H2,1-3H3/b10-7-,17-15-;. The first kappa shape index (κ1) is 29.3. The van der Waals surface area contributed by atoms with Crippen molar-refractivity contribution in [2.45, 2.75) is 54.0 Å². The summed E-state index contributed by atoms with van der Waals surface area (Å²) in [4.78, 5) is 14.1. The van der Waals surface area contributed by atoms with Crippen LogP contribution in [-0.2, 0) is 13.0 Å². The molecule has 0 saturated carbocycles. The van der Waals surface area contributed by atoms with E-state index in [1.54, 1.807) is 24.3 Å². The van der Waals surface area contributed by atoms with Crippen molar-refractivity contribution in [1.29, 1.82) is 0 Å².